The second kappa shape index (κ2) is 8.47. The summed E-state index contributed by atoms with van der Waals surface area (Å²) in [6.07, 6.45) is 2.60. The highest BCUT2D eigenvalue weighted by molar-refractivity contribution is 6.04. The number of carbonyl (C=O) groups excluding carboxylic acids is 3. The summed E-state index contributed by atoms with van der Waals surface area (Å²) in [6, 6.07) is 19.6. The van der Waals surface area contributed by atoms with Crippen LogP contribution in [0.5, 0.6) is 0 Å². The molecule has 6 heteroatoms. The molecule has 0 bridgehead atoms. The lowest BCUT2D eigenvalue weighted by Gasteiger charge is -2.25. The van der Waals surface area contributed by atoms with E-state index < -0.39 is 0 Å². The van der Waals surface area contributed by atoms with E-state index in [4.69, 9.17) is 0 Å². The van der Waals surface area contributed by atoms with Crippen LogP contribution in [-0.2, 0) is 22.6 Å². The third-order valence-corrected chi connectivity index (χ3v) is 5.45. The molecule has 1 aliphatic carbocycles. The molecule has 29 heavy (non-hydrogen) atoms. The second-order valence-electron chi connectivity index (χ2n) is 7.66. The third kappa shape index (κ3) is 4.65. The van der Waals surface area contributed by atoms with E-state index in [2.05, 4.69) is 0 Å². The van der Waals surface area contributed by atoms with E-state index in [0.717, 1.165) is 35.3 Å². The fourth-order valence-corrected chi connectivity index (χ4v) is 3.63. The van der Waals surface area contributed by atoms with E-state index in [-0.39, 0.29) is 37.0 Å². The lowest BCUT2D eigenvalue weighted by molar-refractivity contribution is -0.137. The topological polar surface area (TPSA) is 60.9 Å². The molecule has 0 spiro atoms. The number of rotatable bonds is 8. The van der Waals surface area contributed by atoms with Gasteiger partial charge in [0.25, 0.3) is 5.91 Å². The van der Waals surface area contributed by atoms with Gasteiger partial charge in [0.15, 0.2) is 0 Å². The Labute approximate surface area is 170 Å². The van der Waals surface area contributed by atoms with Crippen molar-refractivity contribution in [1.29, 1.82) is 0 Å². The van der Waals surface area contributed by atoms with Crippen LogP contribution in [0.4, 0.5) is 4.79 Å². The van der Waals surface area contributed by atoms with Crippen LogP contribution >= 0.6 is 0 Å². The molecule has 0 atom stereocenters. The van der Waals surface area contributed by atoms with Gasteiger partial charge in [-0.05, 0) is 30.4 Å². The van der Waals surface area contributed by atoms with Crippen LogP contribution in [0, 0.1) is 0 Å². The maximum absolute atomic E-state index is 13.1. The van der Waals surface area contributed by atoms with Gasteiger partial charge < -0.3 is 9.80 Å². The molecular formula is C23H25N3O3. The van der Waals surface area contributed by atoms with Crippen molar-refractivity contribution in [1.82, 2.24) is 14.7 Å². The quantitative estimate of drug-likeness (QED) is 0.650. The molecular weight excluding hydrogens is 366 g/mol. The van der Waals surface area contributed by atoms with E-state index >= 15 is 0 Å². The first kappa shape index (κ1) is 19.2. The van der Waals surface area contributed by atoms with Crippen molar-refractivity contribution in [2.75, 3.05) is 19.6 Å². The highest BCUT2D eigenvalue weighted by Crippen LogP contribution is 2.30. The van der Waals surface area contributed by atoms with Gasteiger partial charge in [-0.3, -0.25) is 14.5 Å². The standard InChI is InChI=1S/C23H25N3O3/c27-21(16-26-22(28)17-25(23(26)29)20-11-12-20)24(15-19-9-5-2-6-10-19)14-13-18-7-3-1-4-8-18/h1-10,20H,11-17H2. The molecule has 2 fully saturated rings. The molecule has 150 valence electrons. The van der Waals surface area contributed by atoms with E-state index in [0.29, 0.717) is 13.1 Å². The van der Waals surface area contributed by atoms with Gasteiger partial charge >= 0.3 is 6.03 Å². The van der Waals surface area contributed by atoms with Crippen molar-refractivity contribution >= 4 is 17.8 Å². The average molecular weight is 391 g/mol. The number of nitrogens with zero attached hydrogens (tertiary/aromatic N) is 3. The Morgan fingerprint density at radius 3 is 2.17 bits per heavy atom. The molecule has 2 aromatic rings. The third-order valence-electron chi connectivity index (χ3n) is 5.45. The highest BCUT2D eigenvalue weighted by atomic mass is 16.2. The number of hydrogen-bond donors (Lipinski definition) is 0. The minimum absolute atomic E-state index is 0.0967. The van der Waals surface area contributed by atoms with Crippen molar-refractivity contribution in [3.8, 4) is 0 Å². The molecule has 2 aromatic carbocycles. The first-order valence-electron chi connectivity index (χ1n) is 10.1. The van der Waals surface area contributed by atoms with Crippen LogP contribution in [0.25, 0.3) is 0 Å². The minimum Gasteiger partial charge on any atom is -0.336 e. The summed E-state index contributed by atoms with van der Waals surface area (Å²) in [5.41, 5.74) is 2.17. The normalized spacial score (nSPS) is 16.4. The van der Waals surface area contributed by atoms with Crippen molar-refractivity contribution in [3.05, 3.63) is 71.8 Å². The molecule has 1 saturated heterocycles. The minimum atomic E-state index is -0.325. The first-order chi connectivity index (χ1) is 14.1. The predicted molar refractivity (Wildman–Crippen MR) is 109 cm³/mol. The van der Waals surface area contributed by atoms with E-state index in [1.807, 2.05) is 60.7 Å². The summed E-state index contributed by atoms with van der Waals surface area (Å²) >= 11 is 0. The molecule has 1 saturated carbocycles. The smallest absolute Gasteiger partial charge is 0.327 e. The number of amides is 4. The van der Waals surface area contributed by atoms with Gasteiger partial charge in [0, 0.05) is 19.1 Å². The van der Waals surface area contributed by atoms with Gasteiger partial charge in [0.05, 0.1) is 0 Å². The van der Waals surface area contributed by atoms with E-state index in [9.17, 15) is 14.4 Å². The van der Waals surface area contributed by atoms with Gasteiger partial charge in [-0.2, -0.15) is 0 Å². The largest absolute Gasteiger partial charge is 0.336 e. The van der Waals surface area contributed by atoms with Crippen LogP contribution in [0.1, 0.15) is 24.0 Å². The van der Waals surface area contributed by atoms with Crippen molar-refractivity contribution < 1.29 is 14.4 Å². The molecule has 6 nitrogen and oxygen atoms in total. The number of carbonyl (C=O) groups is 3. The number of imide groups is 1. The zero-order chi connectivity index (χ0) is 20.2. The van der Waals surface area contributed by atoms with Gasteiger partial charge in [-0.1, -0.05) is 60.7 Å². The van der Waals surface area contributed by atoms with Crippen LogP contribution < -0.4 is 0 Å². The Kier molecular flexibility index (Phi) is 5.60. The highest BCUT2D eigenvalue weighted by Gasteiger charge is 2.44. The van der Waals surface area contributed by atoms with Crippen LogP contribution in [0.15, 0.2) is 60.7 Å². The Morgan fingerprint density at radius 2 is 1.55 bits per heavy atom. The van der Waals surface area contributed by atoms with Crippen LogP contribution in [0.2, 0.25) is 0 Å². The van der Waals surface area contributed by atoms with Crippen molar-refractivity contribution in [2.24, 2.45) is 0 Å². The van der Waals surface area contributed by atoms with Crippen molar-refractivity contribution in [3.63, 3.8) is 0 Å². The van der Waals surface area contributed by atoms with E-state index in [1.165, 1.54) is 0 Å². The zero-order valence-electron chi connectivity index (χ0n) is 16.4. The molecule has 0 N–H and O–H groups in total. The Balaban J connectivity index is 1.44. The van der Waals surface area contributed by atoms with Crippen LogP contribution in [-0.4, -0.2) is 58.2 Å². The first-order valence-corrected chi connectivity index (χ1v) is 10.1. The molecule has 1 aliphatic heterocycles. The summed E-state index contributed by atoms with van der Waals surface area (Å²) in [6.45, 7) is 0.886. The number of urea groups is 1. The summed E-state index contributed by atoms with van der Waals surface area (Å²) in [7, 11) is 0. The summed E-state index contributed by atoms with van der Waals surface area (Å²) in [4.78, 5) is 42.4. The second-order valence-corrected chi connectivity index (χ2v) is 7.66. The average Bonchev–Trinajstić information content (AvgIpc) is 3.55. The molecule has 2 aliphatic rings. The molecule has 0 radical (unpaired) electrons. The maximum atomic E-state index is 13.1. The molecule has 1 heterocycles. The SMILES string of the molecule is O=C(CN1C(=O)CN(C2CC2)C1=O)N(CCc1ccccc1)Cc1ccccc1. The maximum Gasteiger partial charge on any atom is 0.327 e. The summed E-state index contributed by atoms with van der Waals surface area (Å²) in [5.74, 6) is -0.484. The zero-order valence-corrected chi connectivity index (χ0v) is 16.4. The lowest BCUT2D eigenvalue weighted by atomic mass is 10.1. The van der Waals surface area contributed by atoms with E-state index in [1.54, 1.807) is 9.80 Å². The fourth-order valence-electron chi connectivity index (χ4n) is 3.63. The van der Waals surface area contributed by atoms with Crippen LogP contribution in [0.3, 0.4) is 0 Å². The Morgan fingerprint density at radius 1 is 0.931 bits per heavy atom. The molecule has 4 amide bonds. The van der Waals surface area contributed by atoms with Gasteiger partial charge in [0.2, 0.25) is 5.91 Å². The summed E-state index contributed by atoms with van der Waals surface area (Å²) in [5, 5.41) is 0. The monoisotopic (exact) mass is 391 g/mol. The van der Waals surface area contributed by atoms with Crippen molar-refractivity contribution in [2.45, 2.75) is 31.8 Å². The molecule has 0 aromatic heterocycles. The Bertz CT molecular complexity index is 881. The lowest BCUT2D eigenvalue weighted by Crippen LogP contribution is -2.44. The van der Waals surface area contributed by atoms with Gasteiger partial charge in [-0.15, -0.1) is 0 Å². The number of benzene rings is 2. The summed E-state index contributed by atoms with van der Waals surface area (Å²) < 4.78 is 0. The van der Waals surface area contributed by atoms with Gasteiger partial charge in [0.1, 0.15) is 13.1 Å². The molecule has 4 rings (SSSR count). The van der Waals surface area contributed by atoms with Gasteiger partial charge in [-0.25, -0.2) is 4.79 Å². The Hall–Kier alpha value is -3.15. The molecule has 0 unspecified atom stereocenters. The fraction of sp³-hybridized carbons (Fsp3) is 0.348. The number of hydrogen-bond acceptors (Lipinski definition) is 3. The predicted octanol–water partition coefficient (Wildman–Crippen LogP) is 2.68.